The lowest BCUT2D eigenvalue weighted by atomic mass is 10.1. The van der Waals surface area contributed by atoms with Crippen LogP contribution in [-0.4, -0.2) is 63.9 Å². The second-order valence-electron chi connectivity index (χ2n) is 6.38. The summed E-state index contributed by atoms with van der Waals surface area (Å²) >= 11 is 2.82. The van der Waals surface area contributed by atoms with Gasteiger partial charge < -0.3 is 14.7 Å². The number of thiazole rings is 1. The van der Waals surface area contributed by atoms with Gasteiger partial charge >= 0.3 is 11.9 Å². The van der Waals surface area contributed by atoms with Crippen LogP contribution in [0.3, 0.4) is 0 Å². The number of carboxylic acids is 1. The molecule has 2 aliphatic heterocycles. The first-order chi connectivity index (χ1) is 13.0. The Morgan fingerprint density at radius 2 is 2.22 bits per heavy atom. The van der Waals surface area contributed by atoms with Crippen molar-refractivity contribution in [2.45, 2.75) is 12.5 Å². The Balaban J connectivity index is 1.52. The standard InChI is InChI=1S/C18H17N3O4S2/c1-21-6-4-10(5-7-21)18(24)25-11-2-3-12-14(8-11)27-16(19-12)15-20-13(9-26-15)17(22)23/h2-4,8,13H,5-7,9H2,1H3,(H,22,23)/t13-/m1/s1. The fraction of sp³-hybridized carbons (Fsp3) is 0.333. The molecule has 1 aromatic heterocycles. The van der Waals surface area contributed by atoms with Crippen molar-refractivity contribution in [1.29, 1.82) is 0 Å². The van der Waals surface area contributed by atoms with Crippen molar-refractivity contribution in [3.8, 4) is 5.75 Å². The van der Waals surface area contributed by atoms with Gasteiger partial charge in [0, 0.05) is 30.5 Å². The molecule has 27 heavy (non-hydrogen) atoms. The van der Waals surface area contributed by atoms with Crippen LogP contribution in [0.2, 0.25) is 0 Å². The first kappa shape index (κ1) is 18.1. The molecular formula is C18H17N3O4S2. The van der Waals surface area contributed by atoms with Crippen LogP contribution in [-0.2, 0) is 9.59 Å². The van der Waals surface area contributed by atoms with E-state index in [0.29, 0.717) is 33.5 Å². The van der Waals surface area contributed by atoms with Gasteiger partial charge in [0.05, 0.1) is 10.2 Å². The minimum absolute atomic E-state index is 0.313. The predicted molar refractivity (Wildman–Crippen MR) is 106 cm³/mol. The van der Waals surface area contributed by atoms with E-state index in [1.807, 2.05) is 13.1 Å². The van der Waals surface area contributed by atoms with Crippen LogP contribution in [0.1, 0.15) is 11.4 Å². The first-order valence-electron chi connectivity index (χ1n) is 8.44. The lowest BCUT2D eigenvalue weighted by molar-refractivity contribution is -0.137. The normalized spacial score (nSPS) is 20.4. The van der Waals surface area contributed by atoms with Crippen LogP contribution in [0.5, 0.6) is 5.75 Å². The second kappa shape index (κ2) is 7.41. The van der Waals surface area contributed by atoms with Crippen molar-refractivity contribution in [2.24, 2.45) is 4.99 Å². The number of fused-ring (bicyclic) bond motifs is 1. The number of nitrogens with zero attached hydrogens (tertiary/aromatic N) is 3. The average molecular weight is 403 g/mol. The fourth-order valence-electron chi connectivity index (χ4n) is 2.81. The number of carbonyl (C=O) groups excluding carboxylic acids is 1. The summed E-state index contributed by atoms with van der Waals surface area (Å²) in [4.78, 5) is 34.3. The molecule has 0 amide bonds. The van der Waals surface area contributed by atoms with Gasteiger partial charge in [-0.2, -0.15) is 0 Å². The van der Waals surface area contributed by atoms with Gasteiger partial charge in [-0.25, -0.2) is 14.6 Å². The van der Waals surface area contributed by atoms with Gasteiger partial charge in [0.25, 0.3) is 0 Å². The number of carbonyl (C=O) groups is 2. The summed E-state index contributed by atoms with van der Waals surface area (Å²) in [5.74, 6) is -0.330. The number of carboxylic acid groups (broad SMARTS) is 1. The zero-order chi connectivity index (χ0) is 19.0. The molecule has 0 bridgehead atoms. The fourth-order valence-corrected chi connectivity index (χ4v) is 4.90. The molecule has 1 N–H and O–H groups in total. The Hall–Kier alpha value is -2.23. The molecule has 140 valence electrons. The summed E-state index contributed by atoms with van der Waals surface area (Å²) in [5.41, 5.74) is 1.48. The van der Waals surface area contributed by atoms with Crippen molar-refractivity contribution in [1.82, 2.24) is 9.88 Å². The molecule has 1 aromatic carbocycles. The number of thioether (sulfide) groups is 1. The summed E-state index contributed by atoms with van der Waals surface area (Å²) in [6, 6.07) is 4.61. The van der Waals surface area contributed by atoms with E-state index in [-0.39, 0.29) is 5.97 Å². The number of aliphatic imine (C=N–C) groups is 1. The number of rotatable bonds is 4. The number of ether oxygens (including phenoxy) is 1. The molecule has 2 aromatic rings. The summed E-state index contributed by atoms with van der Waals surface area (Å²) in [5, 5.41) is 10.4. The summed E-state index contributed by atoms with van der Waals surface area (Å²) < 4.78 is 6.39. The second-order valence-corrected chi connectivity index (χ2v) is 8.42. The molecule has 0 saturated carbocycles. The maximum atomic E-state index is 12.3. The Labute approximate surface area is 163 Å². The summed E-state index contributed by atoms with van der Waals surface area (Å²) in [6.45, 7) is 1.59. The van der Waals surface area contributed by atoms with Gasteiger partial charge in [0.1, 0.15) is 15.8 Å². The number of benzene rings is 1. The van der Waals surface area contributed by atoms with Crippen molar-refractivity contribution in [3.63, 3.8) is 0 Å². The Kier molecular flexibility index (Phi) is 4.98. The topological polar surface area (TPSA) is 92.1 Å². The van der Waals surface area contributed by atoms with E-state index in [1.165, 1.54) is 23.1 Å². The molecule has 7 nitrogen and oxygen atoms in total. The monoisotopic (exact) mass is 403 g/mol. The molecule has 2 aliphatic rings. The van der Waals surface area contributed by atoms with Gasteiger partial charge in [-0.1, -0.05) is 6.08 Å². The van der Waals surface area contributed by atoms with Crippen LogP contribution in [0.4, 0.5) is 0 Å². The third-order valence-electron chi connectivity index (χ3n) is 4.36. The lowest BCUT2D eigenvalue weighted by Crippen LogP contribution is -2.27. The molecule has 0 fully saturated rings. The van der Waals surface area contributed by atoms with Crippen molar-refractivity contribution >= 4 is 50.3 Å². The van der Waals surface area contributed by atoms with Gasteiger partial charge in [-0.15, -0.1) is 23.1 Å². The van der Waals surface area contributed by atoms with E-state index in [2.05, 4.69) is 14.9 Å². The van der Waals surface area contributed by atoms with Crippen molar-refractivity contribution in [2.75, 3.05) is 25.9 Å². The van der Waals surface area contributed by atoms with Crippen LogP contribution >= 0.6 is 23.1 Å². The Bertz CT molecular complexity index is 982. The zero-order valence-electron chi connectivity index (χ0n) is 14.5. The average Bonchev–Trinajstić information content (AvgIpc) is 3.28. The molecule has 0 unspecified atom stereocenters. The number of hydrogen-bond acceptors (Lipinski definition) is 8. The molecule has 9 heteroatoms. The van der Waals surface area contributed by atoms with E-state index in [1.54, 1.807) is 18.2 Å². The highest BCUT2D eigenvalue weighted by Crippen LogP contribution is 2.32. The van der Waals surface area contributed by atoms with Gasteiger partial charge in [-0.05, 0) is 25.6 Å². The highest BCUT2D eigenvalue weighted by Gasteiger charge is 2.27. The molecule has 0 radical (unpaired) electrons. The smallest absolute Gasteiger partial charge is 0.339 e. The largest absolute Gasteiger partial charge is 0.480 e. The van der Waals surface area contributed by atoms with Gasteiger partial charge in [-0.3, -0.25) is 4.99 Å². The maximum absolute atomic E-state index is 12.3. The third kappa shape index (κ3) is 3.90. The molecule has 0 saturated heterocycles. The van der Waals surface area contributed by atoms with Gasteiger partial charge in [0.15, 0.2) is 6.04 Å². The van der Waals surface area contributed by atoms with Crippen molar-refractivity contribution in [3.05, 3.63) is 34.9 Å². The van der Waals surface area contributed by atoms with Crippen LogP contribution in [0.15, 0.2) is 34.8 Å². The highest BCUT2D eigenvalue weighted by atomic mass is 32.2. The first-order valence-corrected chi connectivity index (χ1v) is 10.2. The van der Waals surface area contributed by atoms with E-state index in [4.69, 9.17) is 9.84 Å². The van der Waals surface area contributed by atoms with Crippen LogP contribution < -0.4 is 4.74 Å². The number of aliphatic carboxylic acids is 1. The Morgan fingerprint density at radius 3 is 2.93 bits per heavy atom. The number of aromatic nitrogens is 1. The van der Waals surface area contributed by atoms with E-state index >= 15 is 0 Å². The van der Waals surface area contributed by atoms with Crippen molar-refractivity contribution < 1.29 is 19.4 Å². The quantitative estimate of drug-likeness (QED) is 0.619. The minimum atomic E-state index is -0.920. The lowest BCUT2D eigenvalue weighted by Gasteiger charge is -2.20. The molecule has 0 aliphatic carbocycles. The van der Waals surface area contributed by atoms with E-state index < -0.39 is 12.0 Å². The third-order valence-corrected chi connectivity index (χ3v) is 6.57. The summed E-state index contributed by atoms with van der Waals surface area (Å²) in [6.07, 6.45) is 2.59. The highest BCUT2D eigenvalue weighted by molar-refractivity contribution is 8.15. The number of esters is 1. The van der Waals surface area contributed by atoms with Crippen LogP contribution in [0.25, 0.3) is 10.2 Å². The SMILES string of the molecule is CN1CC=C(C(=O)Oc2ccc3nc(C4=N[C@@H](C(=O)O)CS4)sc3c2)CC1. The van der Waals surface area contributed by atoms with E-state index in [9.17, 15) is 9.59 Å². The Morgan fingerprint density at radius 1 is 1.37 bits per heavy atom. The number of hydrogen-bond donors (Lipinski definition) is 1. The summed E-state index contributed by atoms with van der Waals surface area (Å²) in [7, 11) is 2.01. The molecule has 3 heterocycles. The number of likely N-dealkylation sites (N-methyl/N-ethyl adjacent to an activating group) is 1. The van der Waals surface area contributed by atoms with E-state index in [0.717, 1.165) is 23.3 Å². The minimum Gasteiger partial charge on any atom is -0.480 e. The molecular weight excluding hydrogens is 386 g/mol. The molecule has 4 rings (SSSR count). The van der Waals surface area contributed by atoms with Gasteiger partial charge in [0.2, 0.25) is 0 Å². The molecule has 0 spiro atoms. The maximum Gasteiger partial charge on any atom is 0.339 e. The predicted octanol–water partition coefficient (Wildman–Crippen LogP) is 2.41. The zero-order valence-corrected chi connectivity index (χ0v) is 16.2. The molecule has 1 atom stereocenters. The van der Waals surface area contributed by atoms with Crippen LogP contribution in [0, 0.1) is 0 Å².